The maximum absolute atomic E-state index is 12.8. The van der Waals surface area contributed by atoms with Crippen molar-refractivity contribution in [2.24, 2.45) is 5.10 Å². The van der Waals surface area contributed by atoms with Crippen molar-refractivity contribution in [3.8, 4) is 0 Å². The van der Waals surface area contributed by atoms with Gasteiger partial charge < -0.3 is 0 Å². The molecule has 0 radical (unpaired) electrons. The van der Waals surface area contributed by atoms with Gasteiger partial charge in [-0.2, -0.15) is 5.10 Å². The second-order valence-corrected chi connectivity index (χ2v) is 5.08. The second kappa shape index (κ2) is 6.39. The smallest absolute Gasteiger partial charge is 0.166 e. The van der Waals surface area contributed by atoms with Crippen molar-refractivity contribution in [2.75, 3.05) is 5.43 Å². The molecule has 1 aromatic heterocycles. The summed E-state index contributed by atoms with van der Waals surface area (Å²) in [5, 5.41) is 4.82. The van der Waals surface area contributed by atoms with Crippen molar-refractivity contribution in [1.29, 1.82) is 0 Å². The van der Waals surface area contributed by atoms with Crippen LogP contribution < -0.4 is 5.43 Å². The van der Waals surface area contributed by atoms with E-state index in [1.54, 1.807) is 19.1 Å². The van der Waals surface area contributed by atoms with E-state index in [0.717, 1.165) is 5.56 Å². The lowest BCUT2D eigenvalue weighted by atomic mass is 10.1. The molecule has 0 aliphatic heterocycles. The largest absolute Gasteiger partial charge is 0.260 e. The average Bonchev–Trinajstić information content (AvgIpc) is 2.42. The highest BCUT2D eigenvalue weighted by molar-refractivity contribution is 6.42. The Morgan fingerprint density at radius 1 is 1.15 bits per heavy atom. The maximum atomic E-state index is 12.8. The highest BCUT2D eigenvalue weighted by atomic mass is 35.5. The lowest BCUT2D eigenvalue weighted by Gasteiger charge is -2.06. The van der Waals surface area contributed by atoms with Gasteiger partial charge in [-0.3, -0.25) is 5.43 Å². The standard InChI is InChI=1S/C13H9Cl3FN3/c1-7(8-2-4-9(17)5-3-8)19-20-13-11(15)6-10(14)12(16)18-13/h2-6H,1H3,(H,18,20)/b19-7-. The molecule has 0 aliphatic carbocycles. The topological polar surface area (TPSA) is 37.3 Å². The number of hydrogen-bond acceptors (Lipinski definition) is 3. The quantitative estimate of drug-likeness (QED) is 0.487. The summed E-state index contributed by atoms with van der Waals surface area (Å²) in [6.45, 7) is 1.77. The molecule has 0 aliphatic rings. The first-order chi connectivity index (χ1) is 9.47. The number of benzene rings is 1. The minimum Gasteiger partial charge on any atom is -0.260 e. The summed E-state index contributed by atoms with van der Waals surface area (Å²) < 4.78 is 12.8. The average molecular weight is 333 g/mol. The van der Waals surface area contributed by atoms with E-state index in [1.165, 1.54) is 18.2 Å². The Labute approximate surface area is 130 Å². The summed E-state index contributed by atoms with van der Waals surface area (Å²) in [5.41, 5.74) is 4.12. The van der Waals surface area contributed by atoms with Crippen molar-refractivity contribution < 1.29 is 4.39 Å². The zero-order chi connectivity index (χ0) is 14.7. The van der Waals surface area contributed by atoms with Gasteiger partial charge in [0.2, 0.25) is 0 Å². The van der Waals surface area contributed by atoms with Gasteiger partial charge in [0.15, 0.2) is 5.82 Å². The van der Waals surface area contributed by atoms with Gasteiger partial charge in [-0.15, -0.1) is 0 Å². The fourth-order valence-electron chi connectivity index (χ4n) is 1.41. The Morgan fingerprint density at radius 2 is 1.80 bits per heavy atom. The third-order valence-electron chi connectivity index (χ3n) is 2.48. The number of anilines is 1. The minimum atomic E-state index is -0.302. The van der Waals surface area contributed by atoms with Crippen LogP contribution in [0.2, 0.25) is 15.2 Å². The van der Waals surface area contributed by atoms with Crippen molar-refractivity contribution in [1.82, 2.24) is 4.98 Å². The molecule has 0 spiro atoms. The molecular formula is C13H9Cl3FN3. The van der Waals surface area contributed by atoms with Gasteiger partial charge in [-0.05, 0) is 30.7 Å². The van der Waals surface area contributed by atoms with Crippen molar-refractivity contribution in [2.45, 2.75) is 6.92 Å². The summed E-state index contributed by atoms with van der Waals surface area (Å²) in [6, 6.07) is 7.44. The fourth-order valence-corrected chi connectivity index (χ4v) is 1.95. The van der Waals surface area contributed by atoms with Crippen LogP contribution in [0, 0.1) is 5.82 Å². The summed E-state index contributed by atoms with van der Waals surface area (Å²) in [4.78, 5) is 3.98. The lowest BCUT2D eigenvalue weighted by Crippen LogP contribution is -2.01. The number of aromatic nitrogens is 1. The van der Waals surface area contributed by atoms with Gasteiger partial charge in [0.05, 0.1) is 15.8 Å². The normalized spacial score (nSPS) is 11.6. The fraction of sp³-hybridized carbons (Fsp3) is 0.0769. The Kier molecular flexibility index (Phi) is 4.81. The first-order valence-corrected chi connectivity index (χ1v) is 6.68. The number of nitrogens with zero attached hydrogens (tertiary/aromatic N) is 2. The van der Waals surface area contributed by atoms with E-state index in [9.17, 15) is 4.39 Å². The first kappa shape index (κ1) is 15.0. The van der Waals surface area contributed by atoms with Crippen LogP contribution in [0.3, 0.4) is 0 Å². The Balaban J connectivity index is 2.20. The highest BCUT2D eigenvalue weighted by Gasteiger charge is 2.07. The maximum Gasteiger partial charge on any atom is 0.166 e. The number of nitrogens with one attached hydrogen (secondary N) is 1. The van der Waals surface area contributed by atoms with Crippen LogP contribution in [0.1, 0.15) is 12.5 Å². The third-order valence-corrected chi connectivity index (χ3v) is 3.44. The van der Waals surface area contributed by atoms with Crippen molar-refractivity contribution in [3.63, 3.8) is 0 Å². The predicted molar refractivity (Wildman–Crippen MR) is 81.5 cm³/mol. The van der Waals surface area contributed by atoms with Gasteiger partial charge >= 0.3 is 0 Å². The predicted octanol–water partition coefficient (Wildman–Crippen LogP) is 5.02. The van der Waals surface area contributed by atoms with Crippen molar-refractivity contribution >= 4 is 46.3 Å². The summed E-state index contributed by atoms with van der Waals surface area (Å²) in [7, 11) is 0. The number of rotatable bonds is 3. The number of halogens is 4. The zero-order valence-corrected chi connectivity index (χ0v) is 12.6. The van der Waals surface area contributed by atoms with Gasteiger partial charge in [-0.1, -0.05) is 46.9 Å². The van der Waals surface area contributed by atoms with E-state index in [2.05, 4.69) is 15.5 Å². The lowest BCUT2D eigenvalue weighted by molar-refractivity contribution is 0.628. The molecule has 104 valence electrons. The number of hydrogen-bond donors (Lipinski definition) is 1. The van der Waals surface area contributed by atoms with Crippen molar-refractivity contribution in [3.05, 3.63) is 56.9 Å². The van der Waals surface area contributed by atoms with E-state index in [-0.39, 0.29) is 16.0 Å². The molecule has 1 heterocycles. The van der Waals surface area contributed by atoms with Gasteiger partial charge in [-0.25, -0.2) is 9.37 Å². The minimum absolute atomic E-state index is 0.133. The molecule has 0 saturated carbocycles. The molecule has 0 fully saturated rings. The van der Waals surface area contributed by atoms with Crippen LogP contribution >= 0.6 is 34.8 Å². The molecule has 20 heavy (non-hydrogen) atoms. The van der Waals surface area contributed by atoms with E-state index >= 15 is 0 Å². The highest BCUT2D eigenvalue weighted by Crippen LogP contribution is 2.28. The molecule has 0 unspecified atom stereocenters. The van der Waals surface area contributed by atoms with Gasteiger partial charge in [0.25, 0.3) is 0 Å². The summed E-state index contributed by atoms with van der Waals surface area (Å²) in [6.07, 6.45) is 0. The molecule has 3 nitrogen and oxygen atoms in total. The van der Waals surface area contributed by atoms with Crippen LogP contribution in [-0.4, -0.2) is 10.7 Å². The molecule has 1 aromatic carbocycles. The number of hydrazone groups is 1. The molecule has 2 rings (SSSR count). The third kappa shape index (κ3) is 3.60. The summed E-state index contributed by atoms with van der Waals surface area (Å²) >= 11 is 17.5. The molecule has 0 saturated heterocycles. The Hall–Kier alpha value is -1.36. The molecule has 1 N–H and O–H groups in total. The van der Waals surface area contributed by atoms with Crippen LogP contribution in [0.4, 0.5) is 10.2 Å². The molecular weight excluding hydrogens is 324 g/mol. The first-order valence-electron chi connectivity index (χ1n) is 5.55. The van der Waals surface area contributed by atoms with Gasteiger partial charge in [0, 0.05) is 0 Å². The van der Waals surface area contributed by atoms with Crippen LogP contribution in [-0.2, 0) is 0 Å². The van der Waals surface area contributed by atoms with Crippen LogP contribution in [0.5, 0.6) is 0 Å². The molecule has 0 atom stereocenters. The van der Waals surface area contributed by atoms with E-state index in [4.69, 9.17) is 34.8 Å². The molecule has 0 bridgehead atoms. The second-order valence-electron chi connectivity index (χ2n) is 3.91. The van der Waals surface area contributed by atoms with E-state index in [0.29, 0.717) is 16.6 Å². The molecule has 0 amide bonds. The van der Waals surface area contributed by atoms with E-state index in [1.807, 2.05) is 0 Å². The number of pyridine rings is 1. The SMILES string of the molecule is C/C(=N/Nc1nc(Cl)c(Cl)cc1Cl)c1ccc(F)cc1. The summed E-state index contributed by atoms with van der Waals surface area (Å²) in [5.74, 6) is -0.00812. The van der Waals surface area contributed by atoms with Crippen LogP contribution in [0.15, 0.2) is 35.4 Å². The zero-order valence-electron chi connectivity index (χ0n) is 10.3. The van der Waals surface area contributed by atoms with E-state index < -0.39 is 0 Å². The van der Waals surface area contributed by atoms with Gasteiger partial charge in [0.1, 0.15) is 11.0 Å². The molecule has 7 heteroatoms. The monoisotopic (exact) mass is 331 g/mol. The molecule has 2 aromatic rings. The Morgan fingerprint density at radius 3 is 2.45 bits per heavy atom. The van der Waals surface area contributed by atoms with Crippen LogP contribution in [0.25, 0.3) is 0 Å². The Bertz CT molecular complexity index is 657.